The average Bonchev–Trinajstić information content (AvgIpc) is 3.26. The lowest BCUT2D eigenvalue weighted by atomic mass is 10.1. The van der Waals surface area contributed by atoms with Gasteiger partial charge in [-0.2, -0.15) is 10.1 Å². The zero-order valence-corrected chi connectivity index (χ0v) is 17.6. The van der Waals surface area contributed by atoms with Crippen molar-refractivity contribution in [1.29, 1.82) is 0 Å². The second-order valence-electron chi connectivity index (χ2n) is 7.25. The fraction of sp³-hybridized carbons (Fsp3) is 0.167. The molecule has 0 bridgehead atoms. The first kappa shape index (κ1) is 21.0. The summed E-state index contributed by atoms with van der Waals surface area (Å²) in [6, 6.07) is 13.7. The van der Waals surface area contributed by atoms with Crippen LogP contribution in [0.2, 0.25) is 0 Å². The molecule has 8 nitrogen and oxygen atoms in total. The molecule has 32 heavy (non-hydrogen) atoms. The molecule has 1 aliphatic rings. The molecule has 1 amide bonds. The number of hydrazone groups is 1. The van der Waals surface area contributed by atoms with Gasteiger partial charge < -0.3 is 14.4 Å². The molecule has 0 radical (unpaired) electrons. The maximum atomic E-state index is 13.1. The van der Waals surface area contributed by atoms with Crippen molar-refractivity contribution in [2.75, 3.05) is 11.6 Å². The van der Waals surface area contributed by atoms with E-state index >= 15 is 0 Å². The summed E-state index contributed by atoms with van der Waals surface area (Å²) >= 11 is 0. The Balaban J connectivity index is 1.71. The van der Waals surface area contributed by atoms with Crippen LogP contribution in [0.1, 0.15) is 29.8 Å². The van der Waals surface area contributed by atoms with E-state index < -0.39 is 5.97 Å². The standard InChI is InChI=1S/C24H21N3O5/c1-3-32-22(28)14-26-13-17(19-9-4-5-10-21(19)26)12-20-15(2)25-27(23(20)29)18-8-6-7-16(11-18)24(30)31/h4-13H,3,14H2,1-2H3,(H,30,31)/b20-12+. The summed E-state index contributed by atoms with van der Waals surface area (Å²) in [4.78, 5) is 36.4. The minimum absolute atomic E-state index is 0.0622. The third-order valence-corrected chi connectivity index (χ3v) is 5.12. The number of esters is 1. The molecule has 0 unspecified atom stereocenters. The molecule has 2 heterocycles. The van der Waals surface area contributed by atoms with Crippen LogP contribution in [0.5, 0.6) is 0 Å². The summed E-state index contributed by atoms with van der Waals surface area (Å²) < 4.78 is 6.86. The predicted octanol–water partition coefficient (Wildman–Crippen LogP) is 3.71. The van der Waals surface area contributed by atoms with Crippen LogP contribution in [0.4, 0.5) is 5.69 Å². The molecule has 1 N–H and O–H groups in total. The van der Waals surface area contributed by atoms with Gasteiger partial charge in [-0.15, -0.1) is 0 Å². The summed E-state index contributed by atoms with van der Waals surface area (Å²) in [6.07, 6.45) is 3.55. The monoisotopic (exact) mass is 431 g/mol. The summed E-state index contributed by atoms with van der Waals surface area (Å²) in [5.41, 5.74) is 2.97. The van der Waals surface area contributed by atoms with Crippen molar-refractivity contribution in [2.24, 2.45) is 5.10 Å². The first-order valence-corrected chi connectivity index (χ1v) is 10.1. The summed E-state index contributed by atoms with van der Waals surface area (Å²) in [7, 11) is 0. The molecule has 1 aromatic heterocycles. The molecule has 4 rings (SSSR count). The number of amides is 1. The zero-order valence-electron chi connectivity index (χ0n) is 17.6. The summed E-state index contributed by atoms with van der Waals surface area (Å²) in [5.74, 6) is -1.77. The Bertz CT molecular complexity index is 1300. The van der Waals surface area contributed by atoms with Crippen molar-refractivity contribution in [3.63, 3.8) is 0 Å². The molecule has 0 fully saturated rings. The van der Waals surface area contributed by atoms with Gasteiger partial charge in [0.25, 0.3) is 5.91 Å². The van der Waals surface area contributed by atoms with Crippen LogP contribution in [0.25, 0.3) is 17.0 Å². The molecule has 2 aromatic carbocycles. The number of carbonyl (C=O) groups excluding carboxylic acids is 2. The number of carbonyl (C=O) groups is 3. The van der Waals surface area contributed by atoms with E-state index in [2.05, 4.69) is 5.10 Å². The molecule has 0 atom stereocenters. The molecule has 0 saturated heterocycles. The van der Waals surface area contributed by atoms with Crippen molar-refractivity contribution in [1.82, 2.24) is 4.57 Å². The van der Waals surface area contributed by atoms with E-state index in [1.54, 1.807) is 36.6 Å². The number of ether oxygens (including phenoxy) is 1. The normalized spacial score (nSPS) is 14.8. The van der Waals surface area contributed by atoms with Gasteiger partial charge in [-0.05, 0) is 44.2 Å². The number of anilines is 1. The minimum atomic E-state index is -1.08. The third kappa shape index (κ3) is 3.90. The maximum absolute atomic E-state index is 13.1. The SMILES string of the molecule is CCOC(=O)Cn1cc(/C=C2/C(=O)N(c3cccc(C(=O)O)c3)N=C2C)c2ccccc21. The van der Waals surface area contributed by atoms with Gasteiger partial charge in [0.05, 0.1) is 29.1 Å². The molecule has 162 valence electrons. The third-order valence-electron chi connectivity index (χ3n) is 5.12. The Kier molecular flexibility index (Phi) is 5.59. The van der Waals surface area contributed by atoms with Gasteiger partial charge in [0, 0.05) is 22.7 Å². The van der Waals surface area contributed by atoms with Crippen molar-refractivity contribution in [2.45, 2.75) is 20.4 Å². The van der Waals surface area contributed by atoms with Gasteiger partial charge in [-0.3, -0.25) is 9.59 Å². The first-order valence-electron chi connectivity index (χ1n) is 10.1. The molecule has 3 aromatic rings. The van der Waals surface area contributed by atoms with Crippen LogP contribution < -0.4 is 5.01 Å². The van der Waals surface area contributed by atoms with Gasteiger partial charge in [-0.1, -0.05) is 24.3 Å². The van der Waals surface area contributed by atoms with E-state index in [9.17, 15) is 19.5 Å². The van der Waals surface area contributed by atoms with Crippen molar-refractivity contribution in [3.8, 4) is 0 Å². The van der Waals surface area contributed by atoms with Gasteiger partial charge in [0.2, 0.25) is 0 Å². The quantitative estimate of drug-likeness (QED) is 0.474. The number of benzene rings is 2. The highest BCUT2D eigenvalue weighted by molar-refractivity contribution is 6.32. The van der Waals surface area contributed by atoms with Crippen LogP contribution >= 0.6 is 0 Å². The number of aromatic nitrogens is 1. The first-order chi connectivity index (χ1) is 15.4. The van der Waals surface area contributed by atoms with Crippen LogP contribution in [-0.2, 0) is 20.9 Å². The lowest BCUT2D eigenvalue weighted by Crippen LogP contribution is -2.21. The number of carboxylic acids is 1. The number of rotatable bonds is 6. The number of hydrogen-bond donors (Lipinski definition) is 1. The number of fused-ring (bicyclic) bond motifs is 1. The van der Waals surface area contributed by atoms with Crippen molar-refractivity contribution in [3.05, 3.63) is 71.4 Å². The van der Waals surface area contributed by atoms with Gasteiger partial charge in [-0.25, -0.2) is 4.79 Å². The van der Waals surface area contributed by atoms with Gasteiger partial charge in [0.15, 0.2) is 0 Å². The van der Waals surface area contributed by atoms with Crippen LogP contribution in [-0.4, -0.2) is 39.8 Å². The highest BCUT2D eigenvalue weighted by Gasteiger charge is 2.29. The average molecular weight is 431 g/mol. The molecular formula is C24H21N3O5. The summed E-state index contributed by atoms with van der Waals surface area (Å²) in [6.45, 7) is 3.85. The number of nitrogens with zero attached hydrogens (tertiary/aromatic N) is 3. The highest BCUT2D eigenvalue weighted by atomic mass is 16.5. The van der Waals surface area contributed by atoms with E-state index in [1.807, 2.05) is 30.5 Å². The number of carboxylic acid groups (broad SMARTS) is 1. The second-order valence-corrected chi connectivity index (χ2v) is 7.25. The van der Waals surface area contributed by atoms with Crippen molar-refractivity contribution < 1.29 is 24.2 Å². The maximum Gasteiger partial charge on any atom is 0.335 e. The molecule has 8 heteroatoms. The Morgan fingerprint density at radius 2 is 1.94 bits per heavy atom. The fourth-order valence-electron chi connectivity index (χ4n) is 3.65. The Hall–Kier alpha value is -4.20. The highest BCUT2D eigenvalue weighted by Crippen LogP contribution is 2.29. The molecule has 0 aliphatic carbocycles. The van der Waals surface area contributed by atoms with E-state index in [-0.39, 0.29) is 24.0 Å². The van der Waals surface area contributed by atoms with E-state index in [1.165, 1.54) is 17.1 Å². The van der Waals surface area contributed by atoms with E-state index in [0.29, 0.717) is 23.6 Å². The molecule has 0 saturated carbocycles. The number of para-hydroxylation sites is 1. The molecule has 0 spiro atoms. The molecular weight excluding hydrogens is 410 g/mol. The number of hydrogen-bond acceptors (Lipinski definition) is 5. The summed E-state index contributed by atoms with van der Waals surface area (Å²) in [5, 5.41) is 15.7. The Morgan fingerprint density at radius 3 is 2.69 bits per heavy atom. The molecule has 1 aliphatic heterocycles. The predicted molar refractivity (Wildman–Crippen MR) is 121 cm³/mol. The van der Waals surface area contributed by atoms with Crippen molar-refractivity contribution >= 4 is 46.2 Å². The lowest BCUT2D eigenvalue weighted by molar-refractivity contribution is -0.143. The largest absolute Gasteiger partial charge is 0.478 e. The fourth-order valence-corrected chi connectivity index (χ4v) is 3.65. The minimum Gasteiger partial charge on any atom is -0.478 e. The Morgan fingerprint density at radius 1 is 1.16 bits per heavy atom. The van der Waals surface area contributed by atoms with Gasteiger partial charge in [0.1, 0.15) is 6.54 Å². The smallest absolute Gasteiger partial charge is 0.335 e. The second kappa shape index (κ2) is 8.50. The van der Waals surface area contributed by atoms with Crippen LogP contribution in [0.3, 0.4) is 0 Å². The zero-order chi connectivity index (χ0) is 22.8. The van der Waals surface area contributed by atoms with E-state index in [4.69, 9.17) is 4.74 Å². The van der Waals surface area contributed by atoms with Crippen LogP contribution in [0, 0.1) is 0 Å². The van der Waals surface area contributed by atoms with Gasteiger partial charge >= 0.3 is 11.9 Å². The topological polar surface area (TPSA) is 101 Å². The lowest BCUT2D eigenvalue weighted by Gasteiger charge is -2.12. The number of aromatic carboxylic acids is 1. The van der Waals surface area contributed by atoms with E-state index in [0.717, 1.165) is 16.5 Å². The Labute approximate surface area is 184 Å². The van der Waals surface area contributed by atoms with Crippen LogP contribution in [0.15, 0.2) is 65.4 Å².